The molecule has 12 heterocycles. The Kier molecular flexibility index (Phi) is 24.5. The Bertz CT molecular complexity index is 4400. The first-order valence-corrected chi connectivity index (χ1v) is 32.6. The van der Waals surface area contributed by atoms with Gasteiger partial charge in [-0.15, -0.1) is 0 Å². The summed E-state index contributed by atoms with van der Waals surface area (Å²) in [6.07, 6.45) is 8.41. The number of methoxy groups -OCH3 is 3. The Morgan fingerprint density at radius 3 is 1.24 bits per heavy atom. The number of hydrogen-bond donors (Lipinski definition) is 3. The number of nitrogens with zero attached hydrogens (tertiary/aromatic N) is 9. The fraction of sp³-hybridized carbons (Fsp3) is 0.253. The van der Waals surface area contributed by atoms with Crippen molar-refractivity contribution in [2.24, 2.45) is 0 Å². The van der Waals surface area contributed by atoms with Crippen LogP contribution in [0.25, 0.3) is 0 Å². The molecule has 6 aliphatic rings. The molecule has 99 heavy (non-hydrogen) atoms. The predicted octanol–water partition coefficient (Wildman–Crippen LogP) is 8.32. The van der Waals surface area contributed by atoms with Crippen molar-refractivity contribution >= 4 is 59.0 Å². The van der Waals surface area contributed by atoms with Gasteiger partial charge in [-0.3, -0.25) is 33.9 Å². The number of esters is 3. The smallest absolute Gasteiger partial charge is 0.356 e. The normalized spacial score (nSPS) is 14.3. The van der Waals surface area contributed by atoms with E-state index in [4.69, 9.17) is 11.6 Å². The fourth-order valence-corrected chi connectivity index (χ4v) is 11.6. The number of carbonyl (C=O) groups excluding carboxylic acids is 8. The average molecular weight is 1350 g/mol. The summed E-state index contributed by atoms with van der Waals surface area (Å²) in [7, 11) is 3.94. The molecule has 0 saturated heterocycles. The third-order valence-corrected chi connectivity index (χ3v) is 16.9. The molecule has 6 aromatic heterocycles. The molecule has 0 unspecified atom stereocenters. The molecule has 5 amide bonds. The van der Waals surface area contributed by atoms with Gasteiger partial charge in [-0.2, -0.15) is 0 Å². The molecule has 3 N–H and O–H groups in total. The lowest BCUT2D eigenvalue weighted by molar-refractivity contribution is 0.0583. The molecular weight excluding hydrogens is 1280 g/mol. The summed E-state index contributed by atoms with van der Waals surface area (Å²) >= 11 is 5.87. The summed E-state index contributed by atoms with van der Waals surface area (Å²) in [4.78, 5) is 124. The molecule has 15 rings (SSSR count). The molecule has 0 saturated carbocycles. The minimum absolute atomic E-state index is 0.0346. The highest BCUT2D eigenvalue weighted by Gasteiger charge is 2.30. The van der Waals surface area contributed by atoms with Crippen LogP contribution in [0.2, 0.25) is 5.15 Å². The first-order valence-electron chi connectivity index (χ1n) is 32.2. The lowest BCUT2D eigenvalue weighted by atomic mass is 10.0. The molecule has 0 spiro atoms. The highest BCUT2D eigenvalue weighted by molar-refractivity contribution is 6.29. The van der Waals surface area contributed by atoms with Crippen LogP contribution in [-0.2, 0) is 78.9 Å². The van der Waals surface area contributed by atoms with E-state index in [1.807, 2.05) is 137 Å². The van der Waals surface area contributed by atoms with Gasteiger partial charge in [-0.05, 0) is 132 Å². The second-order valence-electron chi connectivity index (χ2n) is 23.2. The van der Waals surface area contributed by atoms with Crippen LogP contribution in [0, 0.1) is 0 Å². The Hall–Kier alpha value is -11.4. The maximum absolute atomic E-state index is 12.6. The molecule has 3 aromatic carbocycles. The Morgan fingerprint density at radius 1 is 0.394 bits per heavy atom. The van der Waals surface area contributed by atoms with Crippen LogP contribution in [0.5, 0.6) is 0 Å². The third-order valence-electron chi connectivity index (χ3n) is 16.7. The first-order chi connectivity index (χ1) is 48.2. The second-order valence-corrected chi connectivity index (χ2v) is 23.6. The fourth-order valence-electron chi connectivity index (χ4n) is 11.5. The zero-order chi connectivity index (χ0) is 69.6. The van der Waals surface area contributed by atoms with Crippen molar-refractivity contribution in [2.45, 2.75) is 64.7 Å². The quantitative estimate of drug-likeness (QED) is 0.0695. The molecular formula is C75H73ClN12O11. The maximum atomic E-state index is 12.6. The average Bonchev–Trinajstić information content (AvgIpc) is 0.825. The zero-order valence-electron chi connectivity index (χ0n) is 55.0. The number of fused-ring (bicyclic) bond motifs is 6. The van der Waals surface area contributed by atoms with Gasteiger partial charge in [0.05, 0.1) is 27.0 Å². The van der Waals surface area contributed by atoms with Gasteiger partial charge in [0.15, 0.2) is 0 Å². The number of rotatable bonds is 9. The summed E-state index contributed by atoms with van der Waals surface area (Å²) in [6, 6.07) is 51.5. The molecule has 506 valence electrons. The monoisotopic (exact) mass is 1350 g/mol. The molecule has 24 heteroatoms. The van der Waals surface area contributed by atoms with Gasteiger partial charge in [0.1, 0.15) is 50.7 Å². The Balaban J connectivity index is 0.000000130. The van der Waals surface area contributed by atoms with Crippen LogP contribution in [0.15, 0.2) is 176 Å². The van der Waals surface area contributed by atoms with Crippen molar-refractivity contribution in [3.05, 3.63) is 283 Å². The van der Waals surface area contributed by atoms with Crippen LogP contribution in [-0.4, -0.2) is 153 Å². The minimum atomic E-state index is -0.532. The van der Waals surface area contributed by atoms with Gasteiger partial charge in [-0.25, -0.2) is 34.3 Å². The molecule has 0 atom stereocenters. The van der Waals surface area contributed by atoms with E-state index < -0.39 is 11.9 Å². The number of hydrogen-bond acceptors (Lipinski definition) is 18. The van der Waals surface area contributed by atoms with Crippen LogP contribution in [0.3, 0.4) is 0 Å². The van der Waals surface area contributed by atoms with E-state index in [2.05, 4.69) is 60.1 Å². The largest absolute Gasteiger partial charge is 0.464 e. The second kappa shape index (κ2) is 34.5. The van der Waals surface area contributed by atoms with Gasteiger partial charge >= 0.3 is 17.9 Å². The number of pyridine rings is 6. The van der Waals surface area contributed by atoms with Crippen molar-refractivity contribution in [2.75, 3.05) is 60.6 Å². The Morgan fingerprint density at radius 2 is 0.768 bits per heavy atom. The SMILES string of the molecule is COC(=O)c1ccc2c(n1)C(=O)N(Cc1ccccc1)CC2.COC(=O)c1ccc2c(n1)C(=O)NCC2.COC(=O)c1ccc2c(n1)CNCC2.O=C1NCCc2cccnc21.O=C1c2nc(Cl)ccc2CCN1Cc1ccccc1.O=C1c2ncccc2CCN1Cc1ccccc1. The number of ether oxygens (including phenoxy) is 3. The number of amides is 5. The van der Waals surface area contributed by atoms with E-state index >= 15 is 0 Å². The predicted molar refractivity (Wildman–Crippen MR) is 367 cm³/mol. The van der Waals surface area contributed by atoms with Gasteiger partial charge in [0.25, 0.3) is 29.5 Å². The summed E-state index contributed by atoms with van der Waals surface area (Å²) in [5.41, 5.74) is 13.4. The van der Waals surface area contributed by atoms with Crippen LogP contribution in [0.1, 0.15) is 140 Å². The molecule has 23 nitrogen and oxygen atoms in total. The minimum Gasteiger partial charge on any atom is -0.464 e. The summed E-state index contributed by atoms with van der Waals surface area (Å²) in [6.45, 7) is 7.04. The topological polar surface area (TPSA) is 287 Å². The van der Waals surface area contributed by atoms with E-state index in [1.165, 1.54) is 26.9 Å². The molecule has 0 bridgehead atoms. The van der Waals surface area contributed by atoms with Crippen LogP contribution < -0.4 is 16.0 Å². The summed E-state index contributed by atoms with van der Waals surface area (Å²) < 4.78 is 13.8. The standard InChI is InChI=1S/C17H16N2O3.C15H13ClN2O.C15H14N2O.C10H10N2O3.C10H12N2O2.C8H8N2O/c1-22-17(21)14-8-7-13-9-10-19(16(20)15(13)18-14)11-12-5-3-2-4-6-12;16-13-7-6-12-8-9-18(15(19)14(12)17-13)10-11-4-2-1-3-5-11;18-15-14-13(7-4-9-16-14)8-10-17(15)11-12-5-2-1-3-6-12;1-15-10(14)7-3-2-6-4-5-11-9(13)8(6)12-7;1-14-10(13)8-3-2-7-4-5-11-6-9(7)12-8;11-8-7-6(3-5-10-8)2-1-4-9-7/h2-8H,9-11H2,1H3;1-7H,8-10H2;1-7,9H,8,10-11H2;2-3H,4-5H2,1H3,(H,11,13);2-3,11H,4-6H2,1H3;1-2,4H,3,5H2,(H,10,11). The number of benzene rings is 3. The van der Waals surface area contributed by atoms with E-state index in [9.17, 15) is 38.4 Å². The van der Waals surface area contributed by atoms with Gasteiger partial charge in [0.2, 0.25) is 0 Å². The Labute approximate surface area is 577 Å². The van der Waals surface area contributed by atoms with Crippen molar-refractivity contribution in [1.82, 2.24) is 60.6 Å². The highest BCUT2D eigenvalue weighted by atomic mass is 35.5. The molecule has 0 aliphatic carbocycles. The van der Waals surface area contributed by atoms with Gasteiger partial charge in [0, 0.05) is 71.3 Å². The van der Waals surface area contributed by atoms with Crippen molar-refractivity contribution in [3.8, 4) is 0 Å². The molecule has 9 aromatic rings. The van der Waals surface area contributed by atoms with E-state index in [1.54, 1.807) is 53.7 Å². The van der Waals surface area contributed by atoms with Crippen LogP contribution in [0.4, 0.5) is 0 Å². The number of halogens is 1. The van der Waals surface area contributed by atoms with E-state index in [-0.39, 0.29) is 46.9 Å². The lowest BCUT2D eigenvalue weighted by Crippen LogP contribution is -2.38. The van der Waals surface area contributed by atoms with Gasteiger partial charge < -0.3 is 44.9 Å². The van der Waals surface area contributed by atoms with E-state index in [0.29, 0.717) is 72.0 Å². The molecule has 0 radical (unpaired) electrons. The van der Waals surface area contributed by atoms with Gasteiger partial charge in [-0.1, -0.05) is 139 Å². The van der Waals surface area contributed by atoms with Crippen molar-refractivity contribution in [1.29, 1.82) is 0 Å². The third kappa shape index (κ3) is 18.6. The molecule has 6 aliphatic heterocycles. The van der Waals surface area contributed by atoms with Crippen molar-refractivity contribution < 1.29 is 52.6 Å². The van der Waals surface area contributed by atoms with Crippen LogP contribution >= 0.6 is 11.6 Å². The van der Waals surface area contributed by atoms with E-state index in [0.717, 1.165) is 121 Å². The molecule has 0 fully saturated rings. The lowest BCUT2D eigenvalue weighted by Gasteiger charge is -2.28. The summed E-state index contributed by atoms with van der Waals surface area (Å²) in [5.74, 6) is -1.86. The maximum Gasteiger partial charge on any atom is 0.356 e. The summed E-state index contributed by atoms with van der Waals surface area (Å²) in [5, 5.41) is 8.99. The number of aromatic nitrogens is 6. The zero-order valence-corrected chi connectivity index (χ0v) is 55.7. The van der Waals surface area contributed by atoms with Crippen molar-refractivity contribution in [3.63, 3.8) is 0 Å². The highest BCUT2D eigenvalue weighted by Crippen LogP contribution is 2.24. The first kappa shape index (κ1) is 70.4. The number of nitrogens with one attached hydrogen (secondary N) is 3. The number of carbonyl (C=O) groups is 8.